The Kier molecular flexibility index (Phi) is 7.13. The van der Waals surface area contributed by atoms with E-state index in [0.717, 1.165) is 5.56 Å². The summed E-state index contributed by atoms with van der Waals surface area (Å²) in [6, 6.07) is 8.46. The molecule has 0 aliphatic carbocycles. The molecular formula is C20H23N3O6. The Morgan fingerprint density at radius 2 is 1.72 bits per heavy atom. The first kappa shape index (κ1) is 21.7. The van der Waals surface area contributed by atoms with Crippen LogP contribution in [0.4, 0.5) is 4.79 Å². The van der Waals surface area contributed by atoms with Gasteiger partial charge in [0.2, 0.25) is 0 Å². The fourth-order valence-corrected chi connectivity index (χ4v) is 2.67. The molecule has 1 aromatic carbocycles. The molecule has 0 aliphatic rings. The fraction of sp³-hybridized carbons (Fsp3) is 0.300. The summed E-state index contributed by atoms with van der Waals surface area (Å²) in [6.45, 7) is 4.76. The number of imide groups is 1. The van der Waals surface area contributed by atoms with Crippen molar-refractivity contribution in [3.8, 4) is 0 Å². The largest absolute Gasteiger partial charge is 0.465 e. The van der Waals surface area contributed by atoms with Gasteiger partial charge in [-0.1, -0.05) is 30.3 Å². The van der Waals surface area contributed by atoms with Crippen LogP contribution in [0.5, 0.6) is 0 Å². The van der Waals surface area contributed by atoms with E-state index >= 15 is 0 Å². The molecule has 0 aliphatic heterocycles. The van der Waals surface area contributed by atoms with Crippen LogP contribution in [0, 0.1) is 13.8 Å². The third-order valence-corrected chi connectivity index (χ3v) is 4.22. The Bertz CT molecular complexity index is 920. The van der Waals surface area contributed by atoms with Crippen molar-refractivity contribution in [1.29, 1.82) is 0 Å². The quantitative estimate of drug-likeness (QED) is 0.636. The lowest BCUT2D eigenvalue weighted by Crippen LogP contribution is -2.44. The molecule has 3 N–H and O–H groups in total. The van der Waals surface area contributed by atoms with Gasteiger partial charge in [-0.2, -0.15) is 0 Å². The number of benzene rings is 1. The minimum absolute atomic E-state index is 0.0380. The highest BCUT2D eigenvalue weighted by molar-refractivity contribution is 6.00. The average Bonchev–Trinajstić information content (AvgIpc) is 3.00. The van der Waals surface area contributed by atoms with Crippen LogP contribution >= 0.6 is 0 Å². The molecule has 2 rings (SSSR count). The monoisotopic (exact) mass is 401 g/mol. The smallest absolute Gasteiger partial charge is 0.355 e. The molecule has 0 radical (unpaired) electrons. The summed E-state index contributed by atoms with van der Waals surface area (Å²) in [7, 11) is 1.24. The van der Waals surface area contributed by atoms with Gasteiger partial charge in [0.15, 0.2) is 6.10 Å². The number of ether oxygens (including phenoxy) is 2. The van der Waals surface area contributed by atoms with Crippen molar-refractivity contribution in [2.45, 2.75) is 33.4 Å². The number of rotatable bonds is 6. The minimum atomic E-state index is -1.23. The van der Waals surface area contributed by atoms with Crippen molar-refractivity contribution in [2.24, 2.45) is 0 Å². The maximum Gasteiger partial charge on any atom is 0.355 e. The Morgan fingerprint density at radius 3 is 2.34 bits per heavy atom. The molecule has 2 aromatic rings. The number of carbonyl (C=O) groups excluding carboxylic acids is 4. The lowest BCUT2D eigenvalue weighted by Gasteiger charge is -2.13. The summed E-state index contributed by atoms with van der Waals surface area (Å²) in [5, 5.41) is 4.65. The predicted molar refractivity (Wildman–Crippen MR) is 103 cm³/mol. The van der Waals surface area contributed by atoms with Crippen molar-refractivity contribution >= 4 is 23.9 Å². The third-order valence-electron chi connectivity index (χ3n) is 4.22. The van der Waals surface area contributed by atoms with Crippen LogP contribution in [0.25, 0.3) is 0 Å². The van der Waals surface area contributed by atoms with Crippen molar-refractivity contribution < 1.29 is 28.7 Å². The zero-order chi connectivity index (χ0) is 21.6. The highest BCUT2D eigenvalue weighted by Crippen LogP contribution is 2.20. The fourth-order valence-electron chi connectivity index (χ4n) is 2.67. The molecule has 1 aromatic heterocycles. The first-order valence-electron chi connectivity index (χ1n) is 8.85. The number of carbonyl (C=O) groups is 4. The normalized spacial score (nSPS) is 11.3. The second-order valence-electron chi connectivity index (χ2n) is 6.32. The SMILES string of the molecule is COC(=O)c1c(C)[nH]c(C(=O)OC(C)C(=O)NC(=O)NCc2ccccc2)c1C. The van der Waals surface area contributed by atoms with Crippen molar-refractivity contribution in [1.82, 2.24) is 15.6 Å². The topological polar surface area (TPSA) is 127 Å². The molecule has 0 bridgehead atoms. The lowest BCUT2D eigenvalue weighted by atomic mass is 10.1. The van der Waals surface area contributed by atoms with Crippen LogP contribution in [0.2, 0.25) is 0 Å². The number of nitrogens with one attached hydrogen (secondary N) is 3. The number of hydrogen-bond donors (Lipinski definition) is 3. The Labute approximate surface area is 167 Å². The molecule has 0 fully saturated rings. The molecule has 1 heterocycles. The van der Waals surface area contributed by atoms with Crippen molar-refractivity contribution in [2.75, 3.05) is 7.11 Å². The zero-order valence-electron chi connectivity index (χ0n) is 16.6. The molecule has 29 heavy (non-hydrogen) atoms. The van der Waals surface area contributed by atoms with Gasteiger partial charge in [-0.3, -0.25) is 10.1 Å². The number of esters is 2. The van der Waals surface area contributed by atoms with Gasteiger partial charge in [0, 0.05) is 12.2 Å². The summed E-state index contributed by atoms with van der Waals surface area (Å²) >= 11 is 0. The lowest BCUT2D eigenvalue weighted by molar-refractivity contribution is -0.127. The van der Waals surface area contributed by atoms with Crippen LogP contribution in [0.3, 0.4) is 0 Å². The summed E-state index contributed by atoms with van der Waals surface area (Å²) in [4.78, 5) is 50.9. The predicted octanol–water partition coefficient (Wildman–Crippen LogP) is 1.99. The number of aromatic amines is 1. The first-order chi connectivity index (χ1) is 13.7. The van der Waals surface area contributed by atoms with Gasteiger partial charge in [-0.15, -0.1) is 0 Å². The number of methoxy groups -OCH3 is 1. The summed E-state index contributed by atoms with van der Waals surface area (Å²) in [5.74, 6) is -2.19. The van der Waals surface area contributed by atoms with Gasteiger partial charge in [0.25, 0.3) is 5.91 Å². The second-order valence-corrected chi connectivity index (χ2v) is 6.32. The average molecular weight is 401 g/mol. The molecule has 0 saturated heterocycles. The molecule has 154 valence electrons. The van der Waals surface area contributed by atoms with Crippen LogP contribution < -0.4 is 10.6 Å². The number of amides is 3. The zero-order valence-corrected chi connectivity index (χ0v) is 16.6. The van der Waals surface area contributed by atoms with E-state index in [1.165, 1.54) is 14.0 Å². The number of H-pyrrole nitrogens is 1. The molecule has 9 heteroatoms. The highest BCUT2D eigenvalue weighted by Gasteiger charge is 2.26. The van der Waals surface area contributed by atoms with Gasteiger partial charge in [-0.25, -0.2) is 14.4 Å². The van der Waals surface area contributed by atoms with E-state index in [1.54, 1.807) is 13.8 Å². The molecule has 9 nitrogen and oxygen atoms in total. The Hall–Kier alpha value is -3.62. The summed E-state index contributed by atoms with van der Waals surface area (Å²) in [6.07, 6.45) is -1.23. The third kappa shape index (κ3) is 5.44. The molecule has 1 unspecified atom stereocenters. The van der Waals surface area contributed by atoms with Gasteiger partial charge in [-0.05, 0) is 31.9 Å². The van der Waals surface area contributed by atoms with Crippen LogP contribution in [0.1, 0.15) is 44.6 Å². The number of aryl methyl sites for hydroxylation is 1. The van der Waals surface area contributed by atoms with Gasteiger partial charge < -0.3 is 19.8 Å². The van der Waals surface area contributed by atoms with Gasteiger partial charge in [0.05, 0.1) is 12.7 Å². The first-order valence-corrected chi connectivity index (χ1v) is 8.85. The van der Waals surface area contributed by atoms with E-state index in [1.807, 2.05) is 30.3 Å². The van der Waals surface area contributed by atoms with Crippen molar-refractivity contribution in [3.05, 3.63) is 58.4 Å². The maximum atomic E-state index is 12.4. The second kappa shape index (κ2) is 9.54. The Balaban J connectivity index is 1.93. The summed E-state index contributed by atoms with van der Waals surface area (Å²) < 4.78 is 9.80. The van der Waals surface area contributed by atoms with Gasteiger partial charge in [0.1, 0.15) is 5.69 Å². The van der Waals surface area contributed by atoms with E-state index in [4.69, 9.17) is 4.74 Å². The Morgan fingerprint density at radius 1 is 1.07 bits per heavy atom. The van der Waals surface area contributed by atoms with Gasteiger partial charge >= 0.3 is 18.0 Å². The molecule has 1 atom stereocenters. The molecule has 0 saturated carbocycles. The van der Waals surface area contributed by atoms with E-state index in [-0.39, 0.29) is 17.8 Å². The van der Waals surface area contributed by atoms with E-state index in [2.05, 4.69) is 20.4 Å². The highest BCUT2D eigenvalue weighted by atomic mass is 16.5. The van der Waals surface area contributed by atoms with E-state index in [0.29, 0.717) is 11.3 Å². The molecular weight excluding hydrogens is 378 g/mol. The molecule has 0 spiro atoms. The van der Waals surface area contributed by atoms with E-state index < -0.39 is 30.0 Å². The molecule has 3 amide bonds. The van der Waals surface area contributed by atoms with E-state index in [9.17, 15) is 19.2 Å². The number of hydrogen-bond acceptors (Lipinski definition) is 6. The number of urea groups is 1. The number of aromatic nitrogens is 1. The standard InChI is InChI=1S/C20H23N3O6/c1-11-15(18(25)28-4)12(2)22-16(11)19(26)29-13(3)17(24)23-20(27)21-10-14-8-6-5-7-9-14/h5-9,13,22H,10H2,1-4H3,(H2,21,23,24,27). The maximum absolute atomic E-state index is 12.4. The van der Waals surface area contributed by atoms with Crippen LogP contribution in [0.15, 0.2) is 30.3 Å². The summed E-state index contributed by atoms with van der Waals surface area (Å²) in [5.41, 5.74) is 1.94. The van der Waals surface area contributed by atoms with Crippen LogP contribution in [-0.4, -0.2) is 42.1 Å². The van der Waals surface area contributed by atoms with Crippen molar-refractivity contribution in [3.63, 3.8) is 0 Å². The minimum Gasteiger partial charge on any atom is -0.465 e. The van der Waals surface area contributed by atoms with Crippen LogP contribution in [-0.2, 0) is 20.8 Å².